The maximum atomic E-state index is 13.8. The van der Waals surface area contributed by atoms with Crippen LogP contribution in [0.2, 0.25) is 0 Å². The molecule has 2 aromatic rings. The fraction of sp³-hybridized carbons (Fsp3) is 0.308. The fourth-order valence-corrected chi connectivity index (χ4v) is 1.84. The number of methoxy groups -OCH3 is 1. The number of H-pyrrole nitrogens is 1. The number of benzene rings is 1. The van der Waals surface area contributed by atoms with E-state index in [1.165, 1.54) is 19.5 Å². The van der Waals surface area contributed by atoms with Crippen molar-refractivity contribution in [3.8, 4) is 17.1 Å². The molecule has 0 aliphatic heterocycles. The number of nitrogens with zero attached hydrogens (tertiary/aromatic N) is 1. The number of hydrogen-bond acceptors (Lipinski definition) is 2. The van der Waals surface area contributed by atoms with Crippen molar-refractivity contribution in [1.29, 1.82) is 0 Å². The molecule has 0 bridgehead atoms. The van der Waals surface area contributed by atoms with E-state index >= 15 is 0 Å². The van der Waals surface area contributed by atoms with Crippen LogP contribution < -0.4 is 4.74 Å². The third-order valence-electron chi connectivity index (χ3n) is 2.64. The molecule has 0 aliphatic carbocycles. The SMILES string of the molecule is CCCc1ccc(F)c(-c2[nH]cnc2OC)c1. The van der Waals surface area contributed by atoms with Crippen LogP contribution in [0, 0.1) is 5.82 Å². The first kappa shape index (κ1) is 11.6. The van der Waals surface area contributed by atoms with Crippen LogP contribution in [0.4, 0.5) is 4.39 Å². The Hall–Kier alpha value is -1.84. The van der Waals surface area contributed by atoms with E-state index in [0.717, 1.165) is 18.4 Å². The van der Waals surface area contributed by atoms with Crippen molar-refractivity contribution in [1.82, 2.24) is 9.97 Å². The first-order valence-electron chi connectivity index (χ1n) is 5.62. The number of rotatable bonds is 4. The first-order valence-corrected chi connectivity index (χ1v) is 5.62. The minimum absolute atomic E-state index is 0.271. The van der Waals surface area contributed by atoms with Gasteiger partial charge in [0, 0.05) is 5.56 Å². The maximum Gasteiger partial charge on any atom is 0.239 e. The van der Waals surface area contributed by atoms with Gasteiger partial charge in [0.15, 0.2) is 0 Å². The minimum Gasteiger partial charge on any atom is -0.479 e. The summed E-state index contributed by atoms with van der Waals surface area (Å²) in [6.45, 7) is 2.10. The Morgan fingerprint density at radius 2 is 2.24 bits per heavy atom. The molecule has 0 atom stereocenters. The standard InChI is InChI=1S/C13H15FN2O/c1-3-4-9-5-6-11(14)10(7-9)12-13(17-2)16-8-15-12/h5-8H,3-4H2,1-2H3,(H,15,16). The Bertz CT molecular complexity index is 508. The van der Waals surface area contributed by atoms with Gasteiger partial charge in [0.25, 0.3) is 0 Å². The van der Waals surface area contributed by atoms with E-state index < -0.39 is 0 Å². The van der Waals surface area contributed by atoms with E-state index in [0.29, 0.717) is 17.1 Å². The quantitative estimate of drug-likeness (QED) is 0.882. The molecule has 0 saturated heterocycles. The second-order valence-electron chi connectivity index (χ2n) is 3.85. The minimum atomic E-state index is -0.271. The average molecular weight is 234 g/mol. The van der Waals surface area contributed by atoms with E-state index in [-0.39, 0.29) is 5.82 Å². The van der Waals surface area contributed by atoms with Gasteiger partial charge >= 0.3 is 0 Å². The highest BCUT2D eigenvalue weighted by atomic mass is 19.1. The second kappa shape index (κ2) is 4.99. The van der Waals surface area contributed by atoms with Gasteiger partial charge in [-0.3, -0.25) is 0 Å². The van der Waals surface area contributed by atoms with Crippen molar-refractivity contribution in [2.24, 2.45) is 0 Å². The predicted molar refractivity (Wildman–Crippen MR) is 64.5 cm³/mol. The van der Waals surface area contributed by atoms with Gasteiger partial charge < -0.3 is 9.72 Å². The smallest absolute Gasteiger partial charge is 0.239 e. The van der Waals surface area contributed by atoms with E-state index in [9.17, 15) is 4.39 Å². The molecule has 0 aliphatic rings. The first-order chi connectivity index (χ1) is 8.26. The van der Waals surface area contributed by atoms with Crippen LogP contribution in [0.15, 0.2) is 24.5 Å². The summed E-state index contributed by atoms with van der Waals surface area (Å²) in [5, 5.41) is 0. The van der Waals surface area contributed by atoms with Gasteiger partial charge in [-0.2, -0.15) is 0 Å². The zero-order valence-corrected chi connectivity index (χ0v) is 9.96. The van der Waals surface area contributed by atoms with Gasteiger partial charge in [0.05, 0.1) is 13.4 Å². The number of ether oxygens (including phenoxy) is 1. The Morgan fingerprint density at radius 3 is 2.94 bits per heavy atom. The zero-order chi connectivity index (χ0) is 12.3. The summed E-state index contributed by atoms with van der Waals surface area (Å²) in [6.07, 6.45) is 3.47. The molecular formula is C13H15FN2O. The molecule has 90 valence electrons. The topological polar surface area (TPSA) is 37.9 Å². The van der Waals surface area contributed by atoms with Crippen molar-refractivity contribution in [2.75, 3.05) is 7.11 Å². The van der Waals surface area contributed by atoms with E-state index in [4.69, 9.17) is 4.74 Å². The molecule has 2 rings (SSSR count). The summed E-state index contributed by atoms with van der Waals surface area (Å²) in [4.78, 5) is 6.89. The van der Waals surface area contributed by atoms with Crippen LogP contribution in [0.5, 0.6) is 5.88 Å². The normalized spacial score (nSPS) is 10.5. The Balaban J connectivity index is 2.46. The summed E-state index contributed by atoms with van der Waals surface area (Å²) in [7, 11) is 1.52. The van der Waals surface area contributed by atoms with Crippen molar-refractivity contribution < 1.29 is 9.13 Å². The van der Waals surface area contributed by atoms with Crippen LogP contribution in [0.25, 0.3) is 11.3 Å². The molecule has 1 aromatic heterocycles. The third-order valence-corrected chi connectivity index (χ3v) is 2.64. The molecule has 0 saturated carbocycles. The van der Waals surface area contributed by atoms with Gasteiger partial charge in [-0.05, 0) is 24.1 Å². The molecule has 1 aromatic carbocycles. The van der Waals surface area contributed by atoms with Gasteiger partial charge in [-0.15, -0.1) is 0 Å². The number of aromatic nitrogens is 2. The number of imidazole rings is 1. The van der Waals surface area contributed by atoms with Crippen LogP contribution in [0.1, 0.15) is 18.9 Å². The molecule has 1 N–H and O–H groups in total. The molecule has 1 heterocycles. The van der Waals surface area contributed by atoms with Crippen LogP contribution in [0.3, 0.4) is 0 Å². The van der Waals surface area contributed by atoms with E-state index in [1.54, 1.807) is 0 Å². The van der Waals surface area contributed by atoms with Gasteiger partial charge in [0.1, 0.15) is 11.5 Å². The van der Waals surface area contributed by atoms with Crippen molar-refractivity contribution in [3.63, 3.8) is 0 Å². The fourth-order valence-electron chi connectivity index (χ4n) is 1.84. The summed E-state index contributed by atoms with van der Waals surface area (Å²) in [5.74, 6) is 0.143. The molecule has 0 fully saturated rings. The van der Waals surface area contributed by atoms with Crippen LogP contribution in [-0.4, -0.2) is 17.1 Å². The number of nitrogens with one attached hydrogen (secondary N) is 1. The van der Waals surface area contributed by atoms with Crippen LogP contribution >= 0.6 is 0 Å². The molecule has 0 unspecified atom stereocenters. The highest BCUT2D eigenvalue weighted by molar-refractivity contribution is 5.65. The van der Waals surface area contributed by atoms with Gasteiger partial charge in [-0.25, -0.2) is 9.37 Å². The zero-order valence-electron chi connectivity index (χ0n) is 9.96. The number of aryl methyl sites for hydroxylation is 1. The van der Waals surface area contributed by atoms with Crippen LogP contribution in [-0.2, 0) is 6.42 Å². The Kier molecular flexibility index (Phi) is 3.42. The predicted octanol–water partition coefficient (Wildman–Crippen LogP) is 3.18. The number of hydrogen-bond donors (Lipinski definition) is 1. The lowest BCUT2D eigenvalue weighted by Gasteiger charge is -2.06. The number of halogens is 1. The van der Waals surface area contributed by atoms with Crippen molar-refractivity contribution in [2.45, 2.75) is 19.8 Å². The largest absolute Gasteiger partial charge is 0.479 e. The highest BCUT2D eigenvalue weighted by Crippen LogP contribution is 2.29. The highest BCUT2D eigenvalue weighted by Gasteiger charge is 2.13. The molecule has 3 nitrogen and oxygen atoms in total. The summed E-state index contributed by atoms with van der Waals surface area (Å²) >= 11 is 0. The lowest BCUT2D eigenvalue weighted by atomic mass is 10.0. The Labute approximate surface area is 99.7 Å². The van der Waals surface area contributed by atoms with Gasteiger partial charge in [0.2, 0.25) is 5.88 Å². The van der Waals surface area contributed by atoms with Crippen molar-refractivity contribution in [3.05, 3.63) is 35.9 Å². The summed E-state index contributed by atoms with van der Waals surface area (Å²) in [5.41, 5.74) is 2.20. The molecule has 0 amide bonds. The Morgan fingerprint density at radius 1 is 1.41 bits per heavy atom. The monoisotopic (exact) mass is 234 g/mol. The maximum absolute atomic E-state index is 13.8. The molecular weight excluding hydrogens is 219 g/mol. The molecule has 4 heteroatoms. The second-order valence-corrected chi connectivity index (χ2v) is 3.85. The van der Waals surface area contributed by atoms with E-state index in [1.807, 2.05) is 12.1 Å². The molecule has 0 spiro atoms. The van der Waals surface area contributed by atoms with Crippen molar-refractivity contribution >= 4 is 0 Å². The number of aromatic amines is 1. The van der Waals surface area contributed by atoms with E-state index in [2.05, 4.69) is 16.9 Å². The third kappa shape index (κ3) is 2.30. The summed E-state index contributed by atoms with van der Waals surface area (Å²) in [6, 6.07) is 5.14. The van der Waals surface area contributed by atoms with Gasteiger partial charge in [-0.1, -0.05) is 19.4 Å². The lowest BCUT2D eigenvalue weighted by Crippen LogP contribution is -1.92. The molecule has 17 heavy (non-hydrogen) atoms. The summed E-state index contributed by atoms with van der Waals surface area (Å²) < 4.78 is 18.9. The average Bonchev–Trinajstić information content (AvgIpc) is 2.80. The molecule has 0 radical (unpaired) electrons. The lowest BCUT2D eigenvalue weighted by molar-refractivity contribution is 0.401.